The Balaban J connectivity index is -0.00000192. The summed E-state index contributed by atoms with van der Waals surface area (Å²) in [6, 6.07) is 0. The minimum atomic E-state index is -0.960. The molecule has 0 radical (unpaired) electrons. The van der Waals surface area contributed by atoms with Crippen LogP contribution in [-0.2, 0) is 9.59 Å². The van der Waals surface area contributed by atoms with Gasteiger partial charge in [0.15, 0.2) is 18.9 Å². The van der Waals surface area contributed by atoms with Crippen molar-refractivity contribution in [2.24, 2.45) is 4.99 Å². The number of aliphatic carboxylic acids is 2. The van der Waals surface area contributed by atoms with E-state index in [-0.39, 0.29) is 89.1 Å². The molecule has 0 aliphatic carbocycles. The van der Waals surface area contributed by atoms with Crippen LogP contribution < -0.4 is 71.5 Å². The molecule has 1 heterocycles. The molecule has 0 saturated heterocycles. The predicted molar refractivity (Wildman–Crippen MR) is 94.3 cm³/mol. The average Bonchev–Trinajstić information content (AvgIpc) is 2.86. The molecule has 9 heteroatoms. The first-order valence-corrected chi connectivity index (χ1v) is 9.34. The van der Waals surface area contributed by atoms with E-state index in [9.17, 15) is 9.59 Å². The minimum Gasteiger partial charge on any atom is -1.00 e. The van der Waals surface area contributed by atoms with E-state index in [4.69, 9.17) is 10.2 Å². The SMILES string of the molecule is CCCCCCCCCCCC1=NCC[N+]1(CC(=O)O)CC(=O)O.[Cl-].[Na+].[Na+]. The zero-order valence-electron chi connectivity index (χ0n) is 17.4. The molecule has 1 aliphatic heterocycles. The number of carboxylic acid groups (broad SMARTS) is 2. The van der Waals surface area contributed by atoms with E-state index in [1.165, 1.54) is 44.9 Å². The van der Waals surface area contributed by atoms with Crippen molar-refractivity contribution in [3.63, 3.8) is 0 Å². The zero-order chi connectivity index (χ0) is 17.8. The van der Waals surface area contributed by atoms with E-state index >= 15 is 0 Å². The quantitative estimate of drug-likeness (QED) is 0.166. The Labute approximate surface area is 214 Å². The van der Waals surface area contributed by atoms with Gasteiger partial charge in [0, 0.05) is 6.42 Å². The molecule has 0 amide bonds. The zero-order valence-corrected chi connectivity index (χ0v) is 22.1. The molecular formula is C18H33ClN2Na2O4+2. The average molecular weight is 423 g/mol. The molecule has 0 aromatic carbocycles. The number of carboxylic acids is 2. The summed E-state index contributed by atoms with van der Waals surface area (Å²) >= 11 is 0. The van der Waals surface area contributed by atoms with Gasteiger partial charge in [0.25, 0.3) is 0 Å². The molecule has 0 bridgehead atoms. The van der Waals surface area contributed by atoms with Gasteiger partial charge in [-0.15, -0.1) is 0 Å². The number of amidine groups is 1. The number of carbonyl (C=O) groups is 2. The Bertz CT molecular complexity index is 435. The van der Waals surface area contributed by atoms with Gasteiger partial charge < -0.3 is 22.6 Å². The van der Waals surface area contributed by atoms with Crippen molar-refractivity contribution in [3.05, 3.63) is 0 Å². The third-order valence-electron chi connectivity index (χ3n) is 4.75. The van der Waals surface area contributed by atoms with Crippen molar-refractivity contribution < 1.29 is 95.8 Å². The van der Waals surface area contributed by atoms with E-state index in [2.05, 4.69) is 11.9 Å². The van der Waals surface area contributed by atoms with Gasteiger partial charge in [-0.3, -0.25) is 4.48 Å². The second-order valence-corrected chi connectivity index (χ2v) is 6.85. The topological polar surface area (TPSA) is 87.0 Å². The van der Waals surface area contributed by atoms with Crippen LogP contribution in [0.3, 0.4) is 0 Å². The Morgan fingerprint density at radius 1 is 0.889 bits per heavy atom. The van der Waals surface area contributed by atoms with Crippen LogP contribution in [0.25, 0.3) is 0 Å². The van der Waals surface area contributed by atoms with Crippen LogP contribution in [0.15, 0.2) is 4.99 Å². The van der Waals surface area contributed by atoms with Gasteiger partial charge in [-0.05, 0) is 6.42 Å². The van der Waals surface area contributed by atoms with Crippen LogP contribution >= 0.6 is 0 Å². The number of hydrogen-bond donors (Lipinski definition) is 2. The first kappa shape index (κ1) is 32.5. The maximum Gasteiger partial charge on any atom is 1.00 e. The molecule has 0 saturated carbocycles. The largest absolute Gasteiger partial charge is 1.00 e. The molecule has 146 valence electrons. The van der Waals surface area contributed by atoms with Crippen molar-refractivity contribution in [2.45, 2.75) is 71.1 Å². The van der Waals surface area contributed by atoms with Crippen LogP contribution in [0, 0.1) is 0 Å². The van der Waals surface area contributed by atoms with Crippen LogP contribution in [0.1, 0.15) is 71.1 Å². The van der Waals surface area contributed by atoms with Gasteiger partial charge in [-0.1, -0.05) is 58.3 Å². The van der Waals surface area contributed by atoms with Crippen LogP contribution in [0.2, 0.25) is 0 Å². The van der Waals surface area contributed by atoms with Gasteiger partial charge >= 0.3 is 71.1 Å². The summed E-state index contributed by atoms with van der Waals surface area (Å²) in [6.07, 6.45) is 11.8. The molecule has 27 heavy (non-hydrogen) atoms. The van der Waals surface area contributed by atoms with Crippen molar-refractivity contribution in [1.29, 1.82) is 0 Å². The first-order valence-electron chi connectivity index (χ1n) is 9.34. The Morgan fingerprint density at radius 2 is 1.33 bits per heavy atom. The van der Waals surface area contributed by atoms with E-state index in [0.29, 0.717) is 13.1 Å². The Morgan fingerprint density at radius 3 is 1.78 bits per heavy atom. The normalized spacial score (nSPS) is 14.3. The summed E-state index contributed by atoms with van der Waals surface area (Å²) in [4.78, 5) is 26.7. The monoisotopic (exact) mass is 422 g/mol. The van der Waals surface area contributed by atoms with Gasteiger partial charge in [0.1, 0.15) is 6.54 Å². The molecule has 1 rings (SSSR count). The van der Waals surface area contributed by atoms with Gasteiger partial charge in [0.2, 0.25) is 0 Å². The first-order chi connectivity index (χ1) is 11.5. The van der Waals surface area contributed by atoms with Gasteiger partial charge in [-0.2, -0.15) is 0 Å². The van der Waals surface area contributed by atoms with E-state index in [1.807, 2.05) is 0 Å². The van der Waals surface area contributed by atoms with Crippen LogP contribution in [-0.4, -0.2) is 58.6 Å². The fourth-order valence-electron chi connectivity index (χ4n) is 3.47. The van der Waals surface area contributed by atoms with Crippen LogP contribution in [0.4, 0.5) is 0 Å². The third kappa shape index (κ3) is 13.7. The molecule has 6 nitrogen and oxygen atoms in total. The number of nitrogens with zero attached hydrogens (tertiary/aromatic N) is 2. The van der Waals surface area contributed by atoms with Crippen molar-refractivity contribution in [3.8, 4) is 0 Å². The van der Waals surface area contributed by atoms with E-state index in [0.717, 1.165) is 25.1 Å². The maximum absolute atomic E-state index is 11.1. The van der Waals surface area contributed by atoms with Crippen molar-refractivity contribution in [2.75, 3.05) is 26.2 Å². The molecule has 0 spiro atoms. The van der Waals surface area contributed by atoms with Crippen molar-refractivity contribution >= 4 is 17.8 Å². The number of aliphatic imine (C=N–C) groups is 1. The molecule has 2 N–H and O–H groups in total. The standard InChI is InChI=1S/C18H32N2O4.ClH.2Na/c1-2-3-4-5-6-7-8-9-10-11-16-19-12-13-20(16,14-17(21)22)15-18(23)24;;;/h2-15H2,1H3,(H-,21,22,23,24);1H;;/q;;2*+1. The summed E-state index contributed by atoms with van der Waals surface area (Å²) in [5.41, 5.74) is 0. The Hall–Kier alpha value is 0.860. The third-order valence-corrected chi connectivity index (χ3v) is 4.75. The second-order valence-electron chi connectivity index (χ2n) is 6.85. The fraction of sp³-hybridized carbons (Fsp3) is 0.833. The summed E-state index contributed by atoms with van der Waals surface area (Å²) in [7, 11) is 0. The second kappa shape index (κ2) is 18.9. The summed E-state index contributed by atoms with van der Waals surface area (Å²) < 4.78 is 0.00167. The van der Waals surface area contributed by atoms with E-state index in [1.54, 1.807) is 0 Å². The number of rotatable bonds is 14. The molecule has 0 aromatic rings. The van der Waals surface area contributed by atoms with Gasteiger partial charge in [-0.25, -0.2) is 14.6 Å². The number of quaternary nitrogens is 1. The number of halogens is 1. The van der Waals surface area contributed by atoms with E-state index < -0.39 is 11.9 Å². The van der Waals surface area contributed by atoms with Gasteiger partial charge in [0.05, 0.1) is 6.54 Å². The number of hydrogen-bond acceptors (Lipinski definition) is 3. The molecule has 1 aliphatic rings. The summed E-state index contributed by atoms with van der Waals surface area (Å²) in [6.45, 7) is 2.89. The molecule has 0 fully saturated rings. The smallest absolute Gasteiger partial charge is 1.00 e. The van der Waals surface area contributed by atoms with Crippen LogP contribution in [0.5, 0.6) is 0 Å². The summed E-state index contributed by atoms with van der Waals surface area (Å²) in [5.74, 6) is -1.15. The molecule has 0 atom stereocenters. The van der Waals surface area contributed by atoms with Crippen molar-refractivity contribution in [1.82, 2.24) is 0 Å². The molecular weight excluding hydrogens is 390 g/mol. The molecule has 0 unspecified atom stereocenters. The predicted octanol–water partition coefficient (Wildman–Crippen LogP) is -5.68. The molecule has 0 aromatic heterocycles. The summed E-state index contributed by atoms with van der Waals surface area (Å²) in [5, 5.41) is 18.3. The fourth-order valence-corrected chi connectivity index (χ4v) is 3.47. The Kier molecular flexibility index (Phi) is 22.7. The minimum absolute atomic E-state index is 0. The maximum atomic E-state index is 11.1. The number of unbranched alkanes of at least 4 members (excludes halogenated alkanes) is 8.